The Morgan fingerprint density at radius 3 is 1.92 bits per heavy atom. The minimum atomic E-state index is -0.823. The van der Waals surface area contributed by atoms with Gasteiger partial charge in [-0.2, -0.15) is 0 Å². The van der Waals surface area contributed by atoms with Gasteiger partial charge in [0.05, 0.1) is 28.0 Å². The third-order valence-corrected chi connectivity index (χ3v) is 10.2. The van der Waals surface area contributed by atoms with Crippen molar-refractivity contribution in [2.45, 2.75) is 57.8 Å². The largest absolute Gasteiger partial charge is 0.507 e. The molecular weight excluding hydrogens is 611 g/mol. The van der Waals surface area contributed by atoms with Crippen LogP contribution in [0.5, 0.6) is 5.75 Å². The summed E-state index contributed by atoms with van der Waals surface area (Å²) >= 11 is 0. The van der Waals surface area contributed by atoms with Crippen LogP contribution in [0.25, 0.3) is 44.5 Å². The molecule has 0 saturated carbocycles. The Morgan fingerprint density at radius 1 is 0.600 bits per heavy atom. The second kappa shape index (κ2) is 11.5. The number of hydrogen-bond acceptors (Lipinski definition) is 4. The quantitative estimate of drug-likeness (QED) is 0.206. The Hall–Kier alpha value is -5.61. The lowest BCUT2D eigenvalue weighted by Gasteiger charge is -2.35. The van der Waals surface area contributed by atoms with Gasteiger partial charge >= 0.3 is 0 Å². The summed E-state index contributed by atoms with van der Waals surface area (Å²) in [5, 5.41) is 11.9. The molecule has 8 rings (SSSR count). The van der Waals surface area contributed by atoms with Crippen LogP contribution in [0.3, 0.4) is 0 Å². The van der Waals surface area contributed by atoms with Crippen LogP contribution in [0.1, 0.15) is 76.4 Å². The molecular formula is C46H41N3O. The molecule has 1 aliphatic rings. The van der Waals surface area contributed by atoms with Gasteiger partial charge in [-0.1, -0.05) is 133 Å². The van der Waals surface area contributed by atoms with E-state index < -0.39 is 5.41 Å². The topological polar surface area (TPSA) is 58.9 Å². The number of nitrogens with zero attached hydrogens (tertiary/aromatic N) is 3. The number of aromatic nitrogens is 3. The molecule has 0 atom stereocenters. The van der Waals surface area contributed by atoms with Crippen LogP contribution in [0.2, 0.25) is 0 Å². The van der Waals surface area contributed by atoms with Crippen molar-refractivity contribution >= 4 is 10.9 Å². The monoisotopic (exact) mass is 652 g/mol. The zero-order chi connectivity index (χ0) is 35.7. The molecule has 0 unspecified atom stereocenters. The van der Waals surface area contributed by atoms with Crippen LogP contribution >= 0.6 is 0 Å². The highest BCUT2D eigenvalue weighted by molar-refractivity contribution is 5.93. The van der Waals surface area contributed by atoms with Crippen molar-refractivity contribution in [3.63, 3.8) is 0 Å². The van der Waals surface area contributed by atoms with E-state index >= 15 is 0 Å². The third kappa shape index (κ3) is 5.01. The van der Waals surface area contributed by atoms with Crippen molar-refractivity contribution in [2.75, 3.05) is 0 Å². The maximum absolute atomic E-state index is 11.0. The minimum Gasteiger partial charge on any atom is -0.507 e. The standard InChI is InChI=1S/C46H41N3O/c1-44(2,3)30-21-23-33-34-24-22-31(45(4,5)6)27-38(34)46(37(33)26-30,42-20-12-18-40(49-42)35-15-8-10-19-41(35)50)32-14-11-13-29(25-32)43-36-16-7-9-17-39(36)47-28-48-43/h7-28,50H,1-6H3/i28D. The number of phenols is 1. The molecule has 1 N–H and O–H groups in total. The Balaban J connectivity index is 1.51. The number of fused-ring (bicyclic) bond motifs is 4. The molecule has 0 bridgehead atoms. The normalized spacial score (nSPS) is 13.9. The predicted molar refractivity (Wildman–Crippen MR) is 205 cm³/mol. The first-order valence-corrected chi connectivity index (χ1v) is 17.3. The molecule has 0 amide bonds. The van der Waals surface area contributed by atoms with E-state index in [1.165, 1.54) is 33.4 Å². The summed E-state index contributed by atoms with van der Waals surface area (Å²) in [6, 6.07) is 43.9. The number of phenolic OH excluding ortho intramolecular Hbond substituents is 1. The van der Waals surface area contributed by atoms with E-state index in [2.05, 4.69) is 119 Å². The Kier molecular flexibility index (Phi) is 6.99. The molecule has 0 fully saturated rings. The average Bonchev–Trinajstić information content (AvgIpc) is 3.41. The highest BCUT2D eigenvalue weighted by Crippen LogP contribution is 2.57. The van der Waals surface area contributed by atoms with Gasteiger partial charge in [0.25, 0.3) is 0 Å². The number of para-hydroxylation sites is 2. The van der Waals surface area contributed by atoms with Crippen molar-refractivity contribution in [3.05, 3.63) is 167 Å². The molecule has 4 heteroatoms. The molecule has 0 aliphatic heterocycles. The van der Waals surface area contributed by atoms with E-state index in [1.807, 2.05) is 48.5 Å². The summed E-state index contributed by atoms with van der Waals surface area (Å²) in [4.78, 5) is 14.6. The van der Waals surface area contributed by atoms with Gasteiger partial charge in [0.1, 0.15) is 13.4 Å². The number of aromatic hydroxyl groups is 1. The number of benzene rings is 5. The third-order valence-electron chi connectivity index (χ3n) is 10.2. The van der Waals surface area contributed by atoms with Gasteiger partial charge in [-0.05, 0) is 86.2 Å². The summed E-state index contributed by atoms with van der Waals surface area (Å²) in [5.41, 5.74) is 11.8. The van der Waals surface area contributed by atoms with Crippen molar-refractivity contribution in [3.8, 4) is 39.4 Å². The molecule has 4 nitrogen and oxygen atoms in total. The molecule has 50 heavy (non-hydrogen) atoms. The smallest absolute Gasteiger partial charge is 0.124 e. The summed E-state index contributed by atoms with van der Waals surface area (Å²) < 4.78 is 8.49. The lowest BCUT2D eigenvalue weighted by Crippen LogP contribution is -2.31. The van der Waals surface area contributed by atoms with Crippen LogP contribution in [-0.2, 0) is 16.2 Å². The maximum atomic E-state index is 11.0. The fourth-order valence-electron chi connectivity index (χ4n) is 7.56. The second-order valence-corrected chi connectivity index (χ2v) is 15.5. The molecule has 5 aromatic carbocycles. The van der Waals surface area contributed by atoms with Gasteiger partial charge in [-0.25, -0.2) is 9.97 Å². The maximum Gasteiger partial charge on any atom is 0.124 e. The number of hydrogen-bond donors (Lipinski definition) is 1. The predicted octanol–water partition coefficient (Wildman–Crippen LogP) is 11.0. The first kappa shape index (κ1) is 30.4. The van der Waals surface area contributed by atoms with Gasteiger partial charge in [0.15, 0.2) is 0 Å². The fourth-order valence-corrected chi connectivity index (χ4v) is 7.56. The molecule has 0 saturated heterocycles. The van der Waals surface area contributed by atoms with Gasteiger partial charge in [0.2, 0.25) is 0 Å². The molecule has 7 aromatic rings. The number of rotatable bonds is 4. The van der Waals surface area contributed by atoms with Gasteiger partial charge in [-0.3, -0.25) is 4.98 Å². The Morgan fingerprint density at radius 2 is 1.24 bits per heavy atom. The highest BCUT2D eigenvalue weighted by atomic mass is 16.3. The molecule has 2 aromatic heterocycles. The van der Waals surface area contributed by atoms with E-state index in [0.717, 1.165) is 33.4 Å². The van der Waals surface area contributed by atoms with E-state index in [1.54, 1.807) is 6.07 Å². The van der Waals surface area contributed by atoms with Gasteiger partial charge in [0, 0.05) is 16.5 Å². The van der Waals surface area contributed by atoms with E-state index in [-0.39, 0.29) is 22.9 Å². The Bertz CT molecular complexity index is 2420. The summed E-state index contributed by atoms with van der Waals surface area (Å²) in [6.07, 6.45) is -0.0120. The van der Waals surface area contributed by atoms with Crippen LogP contribution in [0.4, 0.5) is 0 Å². The number of pyridine rings is 1. The van der Waals surface area contributed by atoms with E-state index in [0.29, 0.717) is 11.3 Å². The summed E-state index contributed by atoms with van der Waals surface area (Å²) in [6.45, 7) is 13.5. The second-order valence-electron chi connectivity index (χ2n) is 15.5. The van der Waals surface area contributed by atoms with Crippen molar-refractivity contribution < 1.29 is 6.48 Å². The molecule has 246 valence electrons. The van der Waals surface area contributed by atoms with Crippen LogP contribution in [0, 0.1) is 0 Å². The zero-order valence-corrected chi connectivity index (χ0v) is 29.4. The Labute approximate surface area is 296 Å². The van der Waals surface area contributed by atoms with Gasteiger partial charge in [-0.15, -0.1) is 0 Å². The average molecular weight is 653 g/mol. The van der Waals surface area contributed by atoms with Crippen LogP contribution in [0.15, 0.2) is 134 Å². The van der Waals surface area contributed by atoms with E-state index in [9.17, 15) is 5.11 Å². The van der Waals surface area contributed by atoms with Crippen molar-refractivity contribution in [1.82, 2.24) is 15.0 Å². The summed E-state index contributed by atoms with van der Waals surface area (Å²) in [5.74, 6) is 0.192. The van der Waals surface area contributed by atoms with Crippen LogP contribution in [-0.4, -0.2) is 20.1 Å². The minimum absolute atomic E-state index is 0.0120. The lowest BCUT2D eigenvalue weighted by molar-refractivity contribution is 0.477. The highest BCUT2D eigenvalue weighted by Gasteiger charge is 2.48. The molecule has 1 aliphatic carbocycles. The summed E-state index contributed by atoms with van der Waals surface area (Å²) in [7, 11) is 0. The van der Waals surface area contributed by atoms with Crippen molar-refractivity contribution in [1.29, 1.82) is 0 Å². The first-order valence-electron chi connectivity index (χ1n) is 17.8. The fraction of sp³-hybridized carbons (Fsp3) is 0.196. The van der Waals surface area contributed by atoms with Gasteiger partial charge < -0.3 is 5.11 Å². The zero-order valence-electron chi connectivity index (χ0n) is 30.4. The van der Waals surface area contributed by atoms with E-state index in [4.69, 9.17) is 11.3 Å². The first-order chi connectivity index (χ1) is 24.4. The SMILES string of the molecule is [2H]c1nc(-c2cccc(C3(c4cccc(-c5ccccc5O)n4)c4cc(C(C)(C)C)ccc4-c4ccc(C(C)(C)C)cc43)c2)c2ccccc2n1. The lowest BCUT2D eigenvalue weighted by atomic mass is 9.67. The molecule has 0 spiro atoms. The molecule has 0 radical (unpaired) electrons. The molecule has 2 heterocycles. The van der Waals surface area contributed by atoms with Crippen LogP contribution < -0.4 is 0 Å². The van der Waals surface area contributed by atoms with Crippen molar-refractivity contribution in [2.24, 2.45) is 0 Å².